The van der Waals surface area contributed by atoms with Crippen molar-refractivity contribution in [1.29, 1.82) is 0 Å². The van der Waals surface area contributed by atoms with Crippen LogP contribution >= 0.6 is 11.3 Å². The van der Waals surface area contributed by atoms with Crippen molar-refractivity contribution in [3.8, 4) is 0 Å². The number of carbonyl (C=O) groups is 1. The number of hydrogen-bond acceptors (Lipinski definition) is 2. The fourth-order valence-corrected chi connectivity index (χ4v) is 3.31. The van der Waals surface area contributed by atoms with Gasteiger partial charge in [-0.1, -0.05) is 60.7 Å². The van der Waals surface area contributed by atoms with Crippen LogP contribution in [0.5, 0.6) is 0 Å². The second kappa shape index (κ2) is 7.28. The summed E-state index contributed by atoms with van der Waals surface area (Å²) in [6, 6.07) is 22.1. The van der Waals surface area contributed by atoms with Crippen molar-refractivity contribution in [2.75, 3.05) is 0 Å². The van der Waals surface area contributed by atoms with Crippen molar-refractivity contribution in [1.82, 2.24) is 5.32 Å². The number of thiophene rings is 1. The first-order valence-electron chi connectivity index (χ1n) is 7.82. The molecule has 120 valence electrons. The van der Waals surface area contributed by atoms with E-state index in [1.165, 1.54) is 0 Å². The third-order valence-electron chi connectivity index (χ3n) is 4.05. The highest BCUT2D eigenvalue weighted by Crippen LogP contribution is 2.29. The lowest BCUT2D eigenvalue weighted by Crippen LogP contribution is -2.43. The molecule has 2 aromatic carbocycles. The lowest BCUT2D eigenvalue weighted by Gasteiger charge is -2.31. The third-order valence-corrected chi connectivity index (χ3v) is 4.75. The van der Waals surface area contributed by atoms with Gasteiger partial charge in [0.1, 0.15) is 0 Å². The van der Waals surface area contributed by atoms with Gasteiger partial charge >= 0.3 is 0 Å². The van der Waals surface area contributed by atoms with E-state index in [2.05, 4.69) is 5.32 Å². The minimum absolute atomic E-state index is 0.114. The smallest absolute Gasteiger partial charge is 0.244 e. The lowest BCUT2D eigenvalue weighted by molar-refractivity contribution is -0.117. The van der Waals surface area contributed by atoms with Crippen molar-refractivity contribution in [3.63, 3.8) is 0 Å². The molecular weight excluding hydrogens is 314 g/mol. The van der Waals surface area contributed by atoms with Gasteiger partial charge in [0.05, 0.1) is 5.54 Å². The second-order valence-electron chi connectivity index (χ2n) is 5.74. The van der Waals surface area contributed by atoms with Gasteiger partial charge in [0.2, 0.25) is 5.91 Å². The minimum atomic E-state index is -0.585. The highest BCUT2D eigenvalue weighted by Gasteiger charge is 2.29. The van der Waals surface area contributed by atoms with E-state index in [0.717, 1.165) is 16.7 Å². The molecule has 3 rings (SSSR count). The van der Waals surface area contributed by atoms with E-state index in [4.69, 9.17) is 0 Å². The van der Waals surface area contributed by atoms with E-state index in [1.807, 2.05) is 90.5 Å². The van der Waals surface area contributed by atoms with Crippen LogP contribution in [0.25, 0.3) is 6.08 Å². The van der Waals surface area contributed by atoms with Crippen LogP contribution in [0.4, 0.5) is 0 Å². The summed E-state index contributed by atoms with van der Waals surface area (Å²) in [4.78, 5) is 12.5. The van der Waals surface area contributed by atoms with E-state index in [-0.39, 0.29) is 5.91 Å². The molecule has 0 saturated heterocycles. The Morgan fingerprint density at radius 2 is 1.54 bits per heavy atom. The fourth-order valence-electron chi connectivity index (χ4n) is 2.68. The van der Waals surface area contributed by atoms with Crippen LogP contribution in [-0.2, 0) is 10.3 Å². The molecule has 0 unspecified atom stereocenters. The van der Waals surface area contributed by atoms with Gasteiger partial charge in [0, 0.05) is 6.08 Å². The molecule has 0 fully saturated rings. The first kappa shape index (κ1) is 16.2. The molecule has 0 radical (unpaired) electrons. The minimum Gasteiger partial charge on any atom is -0.339 e. The summed E-state index contributed by atoms with van der Waals surface area (Å²) in [5.41, 5.74) is 2.55. The molecule has 0 aliphatic carbocycles. The van der Waals surface area contributed by atoms with E-state index >= 15 is 0 Å². The van der Waals surface area contributed by atoms with Gasteiger partial charge in [-0.05, 0) is 46.5 Å². The summed E-state index contributed by atoms with van der Waals surface area (Å²) in [5, 5.41) is 7.17. The predicted molar refractivity (Wildman–Crippen MR) is 101 cm³/mol. The normalized spacial score (nSPS) is 11.5. The molecule has 3 aromatic rings. The van der Waals surface area contributed by atoms with Crippen LogP contribution in [0, 0.1) is 0 Å². The first-order valence-corrected chi connectivity index (χ1v) is 8.76. The Morgan fingerprint density at radius 1 is 0.958 bits per heavy atom. The quantitative estimate of drug-likeness (QED) is 0.665. The summed E-state index contributed by atoms with van der Waals surface area (Å²) in [6.07, 6.45) is 3.43. The highest BCUT2D eigenvalue weighted by atomic mass is 32.1. The number of nitrogens with one attached hydrogen (secondary N) is 1. The van der Waals surface area contributed by atoms with Gasteiger partial charge in [-0.2, -0.15) is 11.3 Å². The number of hydrogen-bond donors (Lipinski definition) is 1. The monoisotopic (exact) mass is 333 g/mol. The average Bonchev–Trinajstić information content (AvgIpc) is 3.15. The van der Waals surface area contributed by atoms with Gasteiger partial charge < -0.3 is 5.32 Å². The Kier molecular flexibility index (Phi) is 4.92. The summed E-state index contributed by atoms with van der Waals surface area (Å²) in [7, 11) is 0. The standard InChI is InChI=1S/C21H19NOS/c1-21(18-8-4-2-5-9-18,19-10-6-3-7-11-19)22-20(23)13-12-17-14-15-24-16-17/h2-16H,1H3,(H,22,23)/b13-12+. The Bertz CT molecular complexity index is 768. The van der Waals surface area contributed by atoms with Gasteiger partial charge in [-0.15, -0.1) is 0 Å². The summed E-state index contributed by atoms with van der Waals surface area (Å²) < 4.78 is 0. The van der Waals surface area contributed by atoms with Crippen molar-refractivity contribution in [2.24, 2.45) is 0 Å². The molecule has 0 aliphatic heterocycles. The van der Waals surface area contributed by atoms with Crippen molar-refractivity contribution >= 4 is 23.3 Å². The predicted octanol–water partition coefficient (Wildman–Crippen LogP) is 4.84. The highest BCUT2D eigenvalue weighted by molar-refractivity contribution is 7.08. The van der Waals surface area contributed by atoms with Crippen molar-refractivity contribution in [2.45, 2.75) is 12.5 Å². The fraction of sp³-hybridized carbons (Fsp3) is 0.0952. The zero-order valence-electron chi connectivity index (χ0n) is 13.5. The van der Waals surface area contributed by atoms with E-state index in [0.29, 0.717) is 0 Å². The molecule has 1 amide bonds. The van der Waals surface area contributed by atoms with Crippen LogP contribution < -0.4 is 5.32 Å². The molecule has 0 bridgehead atoms. The summed E-state index contributed by atoms with van der Waals surface area (Å²) in [5.74, 6) is -0.114. The molecule has 24 heavy (non-hydrogen) atoms. The molecule has 1 aromatic heterocycles. The van der Waals surface area contributed by atoms with Crippen molar-refractivity contribution in [3.05, 3.63) is 100 Å². The molecule has 2 nitrogen and oxygen atoms in total. The molecule has 0 saturated carbocycles. The molecule has 3 heteroatoms. The SMILES string of the molecule is CC(NC(=O)/C=C/c1ccsc1)(c1ccccc1)c1ccccc1. The Balaban J connectivity index is 1.90. The van der Waals surface area contributed by atoms with E-state index in [1.54, 1.807) is 17.4 Å². The molecule has 0 atom stereocenters. The van der Waals surface area contributed by atoms with Crippen LogP contribution in [0.2, 0.25) is 0 Å². The topological polar surface area (TPSA) is 29.1 Å². The second-order valence-corrected chi connectivity index (χ2v) is 6.52. The zero-order valence-corrected chi connectivity index (χ0v) is 14.3. The Labute approximate surface area is 146 Å². The Morgan fingerprint density at radius 3 is 2.04 bits per heavy atom. The number of benzene rings is 2. The first-order chi connectivity index (χ1) is 11.7. The lowest BCUT2D eigenvalue weighted by atomic mass is 9.84. The number of amides is 1. The van der Waals surface area contributed by atoms with Crippen LogP contribution in [0.15, 0.2) is 83.6 Å². The maximum Gasteiger partial charge on any atom is 0.244 e. The third kappa shape index (κ3) is 3.63. The average molecular weight is 333 g/mol. The van der Waals surface area contributed by atoms with Gasteiger partial charge in [0.15, 0.2) is 0 Å². The number of rotatable bonds is 5. The van der Waals surface area contributed by atoms with Crippen molar-refractivity contribution < 1.29 is 4.79 Å². The maximum absolute atomic E-state index is 12.5. The maximum atomic E-state index is 12.5. The zero-order chi connectivity index (χ0) is 16.8. The van der Waals surface area contributed by atoms with E-state index < -0.39 is 5.54 Å². The van der Waals surface area contributed by atoms with Crippen LogP contribution in [0.3, 0.4) is 0 Å². The molecule has 1 N–H and O–H groups in total. The summed E-state index contributed by atoms with van der Waals surface area (Å²) >= 11 is 1.62. The largest absolute Gasteiger partial charge is 0.339 e. The van der Waals surface area contributed by atoms with Gasteiger partial charge in [-0.3, -0.25) is 4.79 Å². The molecule has 0 spiro atoms. The summed E-state index contributed by atoms with van der Waals surface area (Å²) in [6.45, 7) is 2.04. The van der Waals surface area contributed by atoms with Gasteiger partial charge in [0.25, 0.3) is 0 Å². The molecule has 1 heterocycles. The van der Waals surface area contributed by atoms with E-state index in [9.17, 15) is 4.79 Å². The van der Waals surface area contributed by atoms with Crippen LogP contribution in [-0.4, -0.2) is 5.91 Å². The van der Waals surface area contributed by atoms with Gasteiger partial charge in [-0.25, -0.2) is 0 Å². The number of carbonyl (C=O) groups excluding carboxylic acids is 1. The Hall–Kier alpha value is -2.65. The molecule has 0 aliphatic rings. The van der Waals surface area contributed by atoms with Crippen LogP contribution in [0.1, 0.15) is 23.6 Å². The molecular formula is C21H19NOS.